The van der Waals surface area contributed by atoms with Gasteiger partial charge in [0.2, 0.25) is 0 Å². The van der Waals surface area contributed by atoms with Crippen molar-refractivity contribution in [2.75, 3.05) is 26.4 Å². The average Bonchev–Trinajstić information content (AvgIpc) is 3.42. The molecule has 0 fully saturated rings. The second kappa shape index (κ2) is 63.9. The maximum atomic E-state index is 12.7. The highest BCUT2D eigenvalue weighted by Crippen LogP contribution is 2.43. The molecule has 10 heteroatoms. The Morgan fingerprint density at radius 2 is 0.636 bits per heavy atom. The number of rotatable bonds is 66. The van der Waals surface area contributed by atoms with Crippen LogP contribution in [0.2, 0.25) is 0 Å². The highest BCUT2D eigenvalue weighted by atomic mass is 31.2. The average molecular weight is 1110 g/mol. The quantitative estimate of drug-likeness (QED) is 0.0264. The summed E-state index contributed by atoms with van der Waals surface area (Å²) in [5.41, 5.74) is 5.40. The monoisotopic (exact) mass is 1110 g/mol. The van der Waals surface area contributed by atoms with E-state index < -0.39 is 26.5 Å². The van der Waals surface area contributed by atoms with Crippen molar-refractivity contribution in [2.45, 2.75) is 380 Å². The first-order chi connectivity index (χ1) is 37.8. The Balaban J connectivity index is 3.78. The molecule has 458 valence electrons. The van der Waals surface area contributed by atoms with E-state index in [9.17, 15) is 19.0 Å². The number of carbonyl (C=O) groups is 2. The molecule has 0 spiro atoms. The number of unbranched alkanes of at least 4 members (excludes halogenated alkanes) is 51. The first-order valence-electron chi connectivity index (χ1n) is 34.2. The van der Waals surface area contributed by atoms with Gasteiger partial charge in [-0.05, 0) is 38.5 Å². The molecular formula is C67H132NO8P. The van der Waals surface area contributed by atoms with Gasteiger partial charge in [-0.15, -0.1) is 0 Å². The summed E-state index contributed by atoms with van der Waals surface area (Å²) in [4.78, 5) is 35.3. The van der Waals surface area contributed by atoms with Gasteiger partial charge in [0.05, 0.1) is 13.2 Å². The highest BCUT2D eigenvalue weighted by Gasteiger charge is 2.26. The van der Waals surface area contributed by atoms with E-state index in [1.807, 2.05) is 0 Å². The van der Waals surface area contributed by atoms with Crippen LogP contribution in [0.15, 0.2) is 12.2 Å². The molecule has 3 N–H and O–H groups in total. The Hall–Kier alpha value is -1.25. The summed E-state index contributed by atoms with van der Waals surface area (Å²) in [5, 5.41) is 0. The van der Waals surface area contributed by atoms with Gasteiger partial charge in [-0.25, -0.2) is 4.57 Å². The van der Waals surface area contributed by atoms with E-state index in [0.717, 1.165) is 32.1 Å². The Kier molecular flexibility index (Phi) is 62.9. The Morgan fingerprint density at radius 1 is 0.377 bits per heavy atom. The van der Waals surface area contributed by atoms with Crippen LogP contribution in [0.1, 0.15) is 373 Å². The highest BCUT2D eigenvalue weighted by molar-refractivity contribution is 7.47. The summed E-state index contributed by atoms with van der Waals surface area (Å²) in [6.07, 6.45) is 76.0. The predicted molar refractivity (Wildman–Crippen MR) is 331 cm³/mol. The van der Waals surface area contributed by atoms with Gasteiger partial charge < -0.3 is 20.1 Å². The van der Waals surface area contributed by atoms with Gasteiger partial charge in [0, 0.05) is 19.4 Å². The molecule has 0 heterocycles. The minimum atomic E-state index is -4.38. The molecular weight excluding hydrogens is 978 g/mol. The molecule has 0 radical (unpaired) electrons. The molecule has 0 aromatic rings. The molecule has 2 atom stereocenters. The van der Waals surface area contributed by atoms with E-state index >= 15 is 0 Å². The molecule has 0 aliphatic rings. The predicted octanol–water partition coefficient (Wildman–Crippen LogP) is 22.0. The molecule has 0 amide bonds. The number of allylic oxidation sites excluding steroid dienone is 2. The first-order valence-corrected chi connectivity index (χ1v) is 35.7. The van der Waals surface area contributed by atoms with Crippen LogP contribution >= 0.6 is 7.82 Å². The normalized spacial score (nSPS) is 12.9. The van der Waals surface area contributed by atoms with Crippen molar-refractivity contribution in [1.29, 1.82) is 0 Å². The van der Waals surface area contributed by atoms with E-state index in [1.54, 1.807) is 0 Å². The third-order valence-corrected chi connectivity index (χ3v) is 16.6. The molecule has 0 rings (SSSR count). The van der Waals surface area contributed by atoms with Crippen LogP contribution < -0.4 is 5.73 Å². The fourth-order valence-corrected chi connectivity index (χ4v) is 11.3. The summed E-state index contributed by atoms with van der Waals surface area (Å²) in [6.45, 7) is 3.83. The molecule has 0 aliphatic carbocycles. The molecule has 0 bridgehead atoms. The first kappa shape index (κ1) is 75.8. The lowest BCUT2D eigenvalue weighted by molar-refractivity contribution is -0.161. The minimum Gasteiger partial charge on any atom is -0.462 e. The lowest BCUT2D eigenvalue weighted by Crippen LogP contribution is -2.29. The van der Waals surface area contributed by atoms with Crippen LogP contribution in [0, 0.1) is 0 Å². The minimum absolute atomic E-state index is 0.0580. The van der Waals surface area contributed by atoms with Crippen molar-refractivity contribution < 1.29 is 37.6 Å². The summed E-state index contributed by atoms with van der Waals surface area (Å²) >= 11 is 0. The number of phosphoric ester groups is 1. The third-order valence-electron chi connectivity index (χ3n) is 15.7. The lowest BCUT2D eigenvalue weighted by Gasteiger charge is -2.19. The SMILES string of the molecule is CCCCCCCCCC/C=C\CCCCCCCCCCCCCCCCCCCCCCCCCC(=O)OC(COC(=O)CCCCCCCCCCCCCCCCCCCCCCC)COP(=O)(O)OCCN. The molecule has 0 aliphatic heterocycles. The zero-order valence-corrected chi connectivity index (χ0v) is 52.4. The zero-order valence-electron chi connectivity index (χ0n) is 51.5. The van der Waals surface area contributed by atoms with Crippen LogP contribution in [-0.4, -0.2) is 49.3 Å². The summed E-state index contributed by atoms with van der Waals surface area (Å²) < 4.78 is 33.2. The van der Waals surface area contributed by atoms with Crippen LogP contribution in [0.25, 0.3) is 0 Å². The maximum Gasteiger partial charge on any atom is 0.472 e. The largest absolute Gasteiger partial charge is 0.472 e. The van der Waals surface area contributed by atoms with E-state index in [0.29, 0.717) is 6.42 Å². The fraction of sp³-hybridized carbons (Fsp3) is 0.940. The number of nitrogens with two attached hydrogens (primary N) is 1. The summed E-state index contributed by atoms with van der Waals surface area (Å²) in [7, 11) is -4.38. The Labute approximate surface area is 479 Å². The maximum absolute atomic E-state index is 12.7. The van der Waals surface area contributed by atoms with Crippen molar-refractivity contribution in [2.24, 2.45) is 5.73 Å². The molecule has 0 saturated heterocycles. The van der Waals surface area contributed by atoms with Gasteiger partial charge in [-0.1, -0.05) is 334 Å². The van der Waals surface area contributed by atoms with Crippen molar-refractivity contribution in [3.63, 3.8) is 0 Å². The third kappa shape index (κ3) is 63.8. The molecule has 9 nitrogen and oxygen atoms in total. The molecule has 0 aromatic carbocycles. The topological polar surface area (TPSA) is 134 Å². The second-order valence-electron chi connectivity index (χ2n) is 23.4. The zero-order chi connectivity index (χ0) is 55.9. The Bertz CT molecular complexity index is 1270. The van der Waals surface area contributed by atoms with Crippen LogP contribution in [0.3, 0.4) is 0 Å². The van der Waals surface area contributed by atoms with Crippen LogP contribution in [0.5, 0.6) is 0 Å². The smallest absolute Gasteiger partial charge is 0.462 e. The van der Waals surface area contributed by atoms with Crippen molar-refractivity contribution >= 4 is 19.8 Å². The van der Waals surface area contributed by atoms with E-state index in [4.69, 9.17) is 24.3 Å². The van der Waals surface area contributed by atoms with Crippen LogP contribution in [-0.2, 0) is 32.7 Å². The standard InChI is InChI=1S/C67H132NO8P/c1-3-5-7-9-11-13-15-17-19-21-23-25-26-27-28-29-30-31-32-33-34-35-36-37-38-40-42-44-46-48-50-52-54-56-58-60-67(70)76-65(64-75-77(71,72)74-62-61-68)63-73-66(69)59-57-55-53-51-49-47-45-43-41-39-24-22-20-18-16-14-12-10-8-6-4-2/h21,23,65H,3-20,22,24-64,68H2,1-2H3,(H,71,72)/b23-21-. The fourth-order valence-electron chi connectivity index (χ4n) is 10.6. The number of phosphoric acid groups is 1. The number of hydrogen-bond acceptors (Lipinski definition) is 8. The molecule has 77 heavy (non-hydrogen) atoms. The number of hydrogen-bond donors (Lipinski definition) is 2. The van der Waals surface area contributed by atoms with Crippen molar-refractivity contribution in [1.82, 2.24) is 0 Å². The summed E-state index contributed by atoms with van der Waals surface area (Å²) in [5.74, 6) is -0.801. The Morgan fingerprint density at radius 3 is 0.922 bits per heavy atom. The van der Waals surface area contributed by atoms with E-state index in [2.05, 4.69) is 26.0 Å². The van der Waals surface area contributed by atoms with Gasteiger partial charge in [0.1, 0.15) is 6.61 Å². The van der Waals surface area contributed by atoms with Gasteiger partial charge in [-0.3, -0.25) is 18.6 Å². The van der Waals surface area contributed by atoms with Gasteiger partial charge in [0.15, 0.2) is 6.10 Å². The second-order valence-corrected chi connectivity index (χ2v) is 24.9. The number of ether oxygens (including phenoxy) is 2. The lowest BCUT2D eigenvalue weighted by atomic mass is 10.0. The molecule has 0 saturated carbocycles. The van der Waals surface area contributed by atoms with Gasteiger partial charge in [0.25, 0.3) is 0 Å². The molecule has 0 aromatic heterocycles. The summed E-state index contributed by atoms with van der Waals surface area (Å²) in [6, 6.07) is 0. The van der Waals surface area contributed by atoms with Crippen LogP contribution in [0.4, 0.5) is 0 Å². The van der Waals surface area contributed by atoms with E-state index in [-0.39, 0.29) is 38.6 Å². The van der Waals surface area contributed by atoms with Gasteiger partial charge >= 0.3 is 19.8 Å². The van der Waals surface area contributed by atoms with E-state index in [1.165, 1.54) is 308 Å². The van der Waals surface area contributed by atoms with Crippen molar-refractivity contribution in [3.8, 4) is 0 Å². The van der Waals surface area contributed by atoms with Crippen molar-refractivity contribution in [3.05, 3.63) is 12.2 Å². The molecule has 2 unspecified atom stereocenters. The van der Waals surface area contributed by atoms with Gasteiger partial charge in [-0.2, -0.15) is 0 Å². The number of esters is 2. The number of carbonyl (C=O) groups excluding carboxylic acids is 2.